The second-order valence-corrected chi connectivity index (χ2v) is 8.77. The molecule has 0 radical (unpaired) electrons. The number of aryl methyl sites for hydroxylation is 1. The number of nitrogens with two attached hydrogens (primary N) is 2. The minimum absolute atomic E-state index is 0. The zero-order chi connectivity index (χ0) is 24.2. The Morgan fingerprint density at radius 1 is 0.944 bits per heavy atom. The third kappa shape index (κ3) is 6.17. The van der Waals surface area contributed by atoms with Gasteiger partial charge in [-0.15, -0.1) is 24.8 Å². The van der Waals surface area contributed by atoms with Crippen molar-refractivity contribution in [3.8, 4) is 11.1 Å². The fourth-order valence-electron chi connectivity index (χ4n) is 4.10. The molecular formula is C27H32Cl2N6O. The van der Waals surface area contributed by atoms with Crippen molar-refractivity contribution in [1.29, 1.82) is 0 Å². The van der Waals surface area contributed by atoms with Crippen LogP contribution in [0.4, 0.5) is 5.69 Å². The highest BCUT2D eigenvalue weighted by atomic mass is 35.5. The molecule has 0 aliphatic heterocycles. The maximum Gasteiger partial charge on any atom is 0.275 e. The lowest BCUT2D eigenvalue weighted by Gasteiger charge is -2.21. The Hall–Kier alpha value is -3.10. The van der Waals surface area contributed by atoms with Gasteiger partial charge < -0.3 is 16.8 Å². The summed E-state index contributed by atoms with van der Waals surface area (Å²) in [6.07, 6.45) is 2.29. The number of benzene rings is 2. The van der Waals surface area contributed by atoms with E-state index in [0.29, 0.717) is 30.2 Å². The highest BCUT2D eigenvalue weighted by Crippen LogP contribution is 2.36. The lowest BCUT2D eigenvalue weighted by molar-refractivity contribution is 0.102. The Kier molecular flexibility index (Phi) is 10.3. The van der Waals surface area contributed by atoms with E-state index >= 15 is 0 Å². The summed E-state index contributed by atoms with van der Waals surface area (Å²) >= 11 is 0. The molecule has 0 saturated heterocycles. The summed E-state index contributed by atoms with van der Waals surface area (Å²) < 4.78 is 0. The van der Waals surface area contributed by atoms with Crippen molar-refractivity contribution < 1.29 is 4.79 Å². The number of halogens is 2. The predicted octanol–water partition coefficient (Wildman–Crippen LogP) is 5.21. The Balaban J connectivity index is 0.00000228. The van der Waals surface area contributed by atoms with Crippen molar-refractivity contribution in [2.24, 2.45) is 17.4 Å². The molecule has 0 spiro atoms. The largest absolute Gasteiger partial charge is 0.326 e. The lowest BCUT2D eigenvalue weighted by atomic mass is 9.92. The van der Waals surface area contributed by atoms with Gasteiger partial charge >= 0.3 is 0 Å². The number of pyridine rings is 1. The van der Waals surface area contributed by atoms with Crippen LogP contribution in [0.1, 0.15) is 46.9 Å². The number of hydrogen-bond acceptors (Lipinski definition) is 6. The second kappa shape index (κ2) is 12.7. The third-order valence-corrected chi connectivity index (χ3v) is 5.77. The van der Waals surface area contributed by atoms with Crippen LogP contribution in [0.15, 0.2) is 54.7 Å². The van der Waals surface area contributed by atoms with E-state index in [2.05, 4.69) is 29.1 Å². The quantitative estimate of drug-likeness (QED) is 0.304. The van der Waals surface area contributed by atoms with Crippen LogP contribution in [-0.2, 0) is 19.5 Å². The molecule has 190 valence electrons. The average molecular weight is 528 g/mol. The van der Waals surface area contributed by atoms with E-state index in [4.69, 9.17) is 16.5 Å². The van der Waals surface area contributed by atoms with Crippen molar-refractivity contribution >= 4 is 47.4 Å². The van der Waals surface area contributed by atoms with Crippen molar-refractivity contribution in [3.63, 3.8) is 0 Å². The standard InChI is InChI=1S/C27H30N6O.2ClH/c1-16(2)12-23-20(14-29)25(19-10-8-18(13-28)9-11-19)26(17(3)31-23)33-27(34)24-15-30-21-6-4-5-7-22(21)32-24;;/h4-11,15-16H,12-14,28-29H2,1-3H3,(H,33,34);2*1H. The number of amides is 1. The number of para-hydroxylation sites is 2. The molecule has 0 unspecified atom stereocenters. The number of nitrogens with one attached hydrogen (secondary N) is 1. The summed E-state index contributed by atoms with van der Waals surface area (Å²) in [7, 11) is 0. The molecule has 4 aromatic rings. The molecule has 0 bridgehead atoms. The van der Waals surface area contributed by atoms with Crippen LogP contribution >= 0.6 is 24.8 Å². The molecule has 7 nitrogen and oxygen atoms in total. The number of nitrogens with zero attached hydrogens (tertiary/aromatic N) is 3. The van der Waals surface area contributed by atoms with E-state index in [1.165, 1.54) is 6.20 Å². The van der Waals surface area contributed by atoms with Crippen molar-refractivity contribution in [2.45, 2.75) is 40.3 Å². The van der Waals surface area contributed by atoms with Crippen LogP contribution in [0.25, 0.3) is 22.2 Å². The molecule has 9 heteroatoms. The minimum atomic E-state index is -0.345. The Labute approximate surface area is 224 Å². The van der Waals surface area contributed by atoms with Crippen LogP contribution in [0.2, 0.25) is 0 Å². The monoisotopic (exact) mass is 526 g/mol. The van der Waals surface area contributed by atoms with Gasteiger partial charge in [0.05, 0.1) is 28.6 Å². The normalized spacial score (nSPS) is 10.6. The molecule has 2 aromatic heterocycles. The fraction of sp³-hybridized carbons (Fsp3) is 0.259. The first-order valence-corrected chi connectivity index (χ1v) is 11.5. The number of carbonyl (C=O) groups excluding carboxylic acids is 1. The number of aromatic nitrogens is 3. The van der Waals surface area contributed by atoms with Gasteiger partial charge in [0.2, 0.25) is 0 Å². The van der Waals surface area contributed by atoms with Crippen LogP contribution < -0.4 is 16.8 Å². The van der Waals surface area contributed by atoms with Gasteiger partial charge in [-0.3, -0.25) is 14.8 Å². The molecular weight excluding hydrogens is 495 g/mol. The maximum absolute atomic E-state index is 13.3. The molecule has 1 amide bonds. The predicted molar refractivity (Wildman–Crippen MR) is 151 cm³/mol. The highest BCUT2D eigenvalue weighted by molar-refractivity contribution is 6.06. The molecule has 2 heterocycles. The molecule has 0 aliphatic rings. The summed E-state index contributed by atoms with van der Waals surface area (Å²) in [6, 6.07) is 15.5. The van der Waals surface area contributed by atoms with E-state index in [1.807, 2.05) is 55.5 Å². The van der Waals surface area contributed by atoms with E-state index in [1.54, 1.807) is 0 Å². The molecule has 0 aliphatic carbocycles. The van der Waals surface area contributed by atoms with Crippen LogP contribution in [0, 0.1) is 12.8 Å². The first-order chi connectivity index (χ1) is 16.4. The molecule has 0 saturated carbocycles. The zero-order valence-corrected chi connectivity index (χ0v) is 22.2. The van der Waals surface area contributed by atoms with Crippen molar-refractivity contribution in [1.82, 2.24) is 15.0 Å². The topological polar surface area (TPSA) is 120 Å². The Morgan fingerprint density at radius 2 is 1.61 bits per heavy atom. The van der Waals surface area contributed by atoms with E-state index in [0.717, 1.165) is 45.6 Å². The molecule has 0 fully saturated rings. The molecule has 4 rings (SSSR count). The molecule has 0 atom stereocenters. The van der Waals surface area contributed by atoms with Gasteiger partial charge in [0.1, 0.15) is 5.69 Å². The zero-order valence-electron chi connectivity index (χ0n) is 20.6. The van der Waals surface area contributed by atoms with Crippen LogP contribution in [-0.4, -0.2) is 20.9 Å². The summed E-state index contributed by atoms with van der Waals surface area (Å²) in [6.45, 7) is 6.98. The number of anilines is 1. The van der Waals surface area contributed by atoms with E-state index < -0.39 is 0 Å². The average Bonchev–Trinajstić information content (AvgIpc) is 2.84. The fourth-order valence-corrected chi connectivity index (χ4v) is 4.10. The third-order valence-electron chi connectivity index (χ3n) is 5.77. The van der Waals surface area contributed by atoms with E-state index in [9.17, 15) is 4.79 Å². The lowest BCUT2D eigenvalue weighted by Crippen LogP contribution is -2.19. The summed E-state index contributed by atoms with van der Waals surface area (Å²) in [5.41, 5.74) is 19.8. The van der Waals surface area contributed by atoms with Crippen molar-refractivity contribution in [3.05, 3.63) is 82.9 Å². The molecule has 2 aromatic carbocycles. The highest BCUT2D eigenvalue weighted by Gasteiger charge is 2.22. The van der Waals surface area contributed by atoms with Gasteiger partial charge in [-0.05, 0) is 48.1 Å². The maximum atomic E-state index is 13.3. The first kappa shape index (κ1) is 29.1. The van der Waals surface area contributed by atoms with Crippen LogP contribution in [0.5, 0.6) is 0 Å². The van der Waals surface area contributed by atoms with Gasteiger partial charge in [0, 0.05) is 24.3 Å². The number of carbonyl (C=O) groups is 1. The van der Waals surface area contributed by atoms with Gasteiger partial charge in [0.15, 0.2) is 0 Å². The number of hydrogen-bond donors (Lipinski definition) is 3. The summed E-state index contributed by atoms with van der Waals surface area (Å²) in [5.74, 6) is 0.0699. The smallest absolute Gasteiger partial charge is 0.275 e. The summed E-state index contributed by atoms with van der Waals surface area (Å²) in [4.78, 5) is 27.0. The SMILES string of the molecule is Cc1nc(CC(C)C)c(CN)c(-c2ccc(CN)cc2)c1NC(=O)c1cnc2ccccc2n1.Cl.Cl. The van der Waals surface area contributed by atoms with Gasteiger partial charge in [0.25, 0.3) is 5.91 Å². The summed E-state index contributed by atoms with van der Waals surface area (Å²) in [5, 5.41) is 3.06. The van der Waals surface area contributed by atoms with Crippen molar-refractivity contribution in [2.75, 3.05) is 5.32 Å². The van der Waals surface area contributed by atoms with E-state index in [-0.39, 0.29) is 36.4 Å². The second-order valence-electron chi connectivity index (χ2n) is 8.77. The van der Waals surface area contributed by atoms with Gasteiger partial charge in [-0.1, -0.05) is 50.2 Å². The minimum Gasteiger partial charge on any atom is -0.326 e. The first-order valence-electron chi connectivity index (χ1n) is 11.5. The Bertz CT molecular complexity index is 1340. The molecule has 36 heavy (non-hydrogen) atoms. The number of fused-ring (bicyclic) bond motifs is 1. The van der Waals surface area contributed by atoms with Gasteiger partial charge in [-0.2, -0.15) is 0 Å². The van der Waals surface area contributed by atoms with Gasteiger partial charge in [-0.25, -0.2) is 4.98 Å². The molecule has 5 N–H and O–H groups in total. The Morgan fingerprint density at radius 3 is 2.22 bits per heavy atom. The van der Waals surface area contributed by atoms with Crippen LogP contribution in [0.3, 0.4) is 0 Å². The number of rotatable bonds is 7.